The van der Waals surface area contributed by atoms with Crippen molar-refractivity contribution in [2.24, 2.45) is 5.84 Å². The Morgan fingerprint density at radius 1 is 1.14 bits per heavy atom. The molecule has 0 atom stereocenters. The predicted molar refractivity (Wildman–Crippen MR) is 83.1 cm³/mol. The Balaban J connectivity index is 2.42. The minimum absolute atomic E-state index is 0.160. The number of nitrogens with two attached hydrogens (primary N) is 1. The molecule has 0 amide bonds. The molecule has 21 heavy (non-hydrogen) atoms. The average molecular weight is 289 g/mol. The van der Waals surface area contributed by atoms with E-state index in [0.717, 1.165) is 5.56 Å². The molecule has 0 saturated heterocycles. The maximum absolute atomic E-state index is 13.6. The molecule has 0 aliphatic rings. The van der Waals surface area contributed by atoms with E-state index in [4.69, 9.17) is 5.84 Å². The van der Waals surface area contributed by atoms with E-state index in [-0.39, 0.29) is 11.7 Å². The summed E-state index contributed by atoms with van der Waals surface area (Å²) < 4.78 is 13.6. The second kappa shape index (κ2) is 6.05. The van der Waals surface area contributed by atoms with Gasteiger partial charge in [-0.2, -0.15) is 0 Å². The molecule has 6 heteroatoms. The molecule has 0 fully saturated rings. The molecular weight excluding hydrogens is 269 g/mol. The number of nitrogens with one attached hydrogen (secondary N) is 2. The molecule has 0 spiro atoms. The molecule has 0 aliphatic carbocycles. The van der Waals surface area contributed by atoms with Crippen molar-refractivity contribution in [3.8, 4) is 0 Å². The van der Waals surface area contributed by atoms with Gasteiger partial charge < -0.3 is 10.7 Å². The molecule has 4 N–H and O–H groups in total. The number of aromatic nitrogens is 2. The molecule has 0 radical (unpaired) electrons. The summed E-state index contributed by atoms with van der Waals surface area (Å²) in [5.41, 5.74) is 4.59. The molecule has 2 aromatic rings. The van der Waals surface area contributed by atoms with E-state index < -0.39 is 0 Å². The summed E-state index contributed by atoms with van der Waals surface area (Å²) in [6.45, 7) is 7.58. The van der Waals surface area contributed by atoms with Gasteiger partial charge in [0.2, 0.25) is 0 Å². The Labute approximate surface area is 123 Å². The van der Waals surface area contributed by atoms with E-state index in [1.165, 1.54) is 6.07 Å². The molecule has 0 saturated carbocycles. The average Bonchev–Trinajstić information content (AvgIpc) is 2.44. The maximum Gasteiger partial charge on any atom is 0.148 e. The van der Waals surface area contributed by atoms with Crippen LogP contribution in [-0.2, 0) is 0 Å². The Kier molecular flexibility index (Phi) is 4.37. The lowest BCUT2D eigenvalue weighted by Gasteiger charge is -2.15. The van der Waals surface area contributed by atoms with Crippen LogP contribution in [-0.4, -0.2) is 9.97 Å². The largest absolute Gasteiger partial charge is 0.340 e. The van der Waals surface area contributed by atoms with Crippen molar-refractivity contribution in [3.05, 3.63) is 41.0 Å². The van der Waals surface area contributed by atoms with Gasteiger partial charge in [0.1, 0.15) is 23.3 Å². The van der Waals surface area contributed by atoms with Crippen molar-refractivity contribution in [2.75, 3.05) is 10.7 Å². The van der Waals surface area contributed by atoms with Gasteiger partial charge in [-0.15, -0.1) is 0 Å². The zero-order valence-electron chi connectivity index (χ0n) is 12.7. The van der Waals surface area contributed by atoms with Gasteiger partial charge in [0, 0.05) is 17.2 Å². The van der Waals surface area contributed by atoms with Crippen molar-refractivity contribution >= 4 is 17.3 Å². The van der Waals surface area contributed by atoms with Gasteiger partial charge in [0.25, 0.3) is 0 Å². The van der Waals surface area contributed by atoms with Gasteiger partial charge in [-0.05, 0) is 31.5 Å². The molecule has 5 nitrogen and oxygen atoms in total. The fourth-order valence-electron chi connectivity index (χ4n) is 1.86. The minimum Gasteiger partial charge on any atom is -0.340 e. The van der Waals surface area contributed by atoms with E-state index >= 15 is 0 Å². The predicted octanol–water partition coefficient (Wildman–Crippen LogP) is 3.39. The zero-order valence-corrected chi connectivity index (χ0v) is 12.7. The highest BCUT2D eigenvalue weighted by molar-refractivity contribution is 5.64. The zero-order chi connectivity index (χ0) is 15.6. The van der Waals surface area contributed by atoms with E-state index in [0.29, 0.717) is 28.7 Å². The van der Waals surface area contributed by atoms with Crippen LogP contribution in [0, 0.1) is 19.7 Å². The van der Waals surface area contributed by atoms with Crippen molar-refractivity contribution in [3.63, 3.8) is 0 Å². The molecule has 0 unspecified atom stereocenters. The summed E-state index contributed by atoms with van der Waals surface area (Å²) in [5, 5.41) is 3.12. The number of hydrogen-bond acceptors (Lipinski definition) is 5. The summed E-state index contributed by atoms with van der Waals surface area (Å²) in [6, 6.07) is 4.98. The van der Waals surface area contributed by atoms with Crippen molar-refractivity contribution < 1.29 is 4.39 Å². The first kappa shape index (κ1) is 15.2. The van der Waals surface area contributed by atoms with Crippen LogP contribution in [0.3, 0.4) is 0 Å². The normalized spacial score (nSPS) is 10.8. The lowest BCUT2D eigenvalue weighted by atomic mass is 10.2. The highest BCUT2D eigenvalue weighted by Crippen LogP contribution is 2.26. The van der Waals surface area contributed by atoms with Gasteiger partial charge in [0.15, 0.2) is 0 Å². The summed E-state index contributed by atoms with van der Waals surface area (Å²) in [5.74, 6) is 7.25. The first-order valence-corrected chi connectivity index (χ1v) is 6.80. The number of nitrogen functional groups attached to an aromatic ring is 1. The van der Waals surface area contributed by atoms with Crippen molar-refractivity contribution in [1.29, 1.82) is 0 Å². The molecule has 0 aliphatic heterocycles. The number of hydrogen-bond donors (Lipinski definition) is 3. The maximum atomic E-state index is 13.6. The van der Waals surface area contributed by atoms with Crippen LogP contribution in [0.25, 0.3) is 0 Å². The van der Waals surface area contributed by atoms with Crippen LogP contribution >= 0.6 is 0 Å². The molecule has 1 aromatic carbocycles. The number of nitrogens with zero attached hydrogens (tertiary/aromatic N) is 2. The van der Waals surface area contributed by atoms with Crippen molar-refractivity contribution in [1.82, 2.24) is 9.97 Å². The first-order valence-electron chi connectivity index (χ1n) is 6.80. The fraction of sp³-hybridized carbons (Fsp3) is 0.333. The SMILES string of the molecule is Cc1ccc(Nc2nc(C(C)C)nc(NN)c2C)cc1F. The summed E-state index contributed by atoms with van der Waals surface area (Å²) in [6.07, 6.45) is 0. The number of anilines is 3. The van der Waals surface area contributed by atoms with Crippen LogP contribution in [0.2, 0.25) is 0 Å². The Bertz CT molecular complexity index is 655. The van der Waals surface area contributed by atoms with Crippen LogP contribution in [0.5, 0.6) is 0 Å². The second-order valence-electron chi connectivity index (χ2n) is 5.29. The number of halogens is 1. The molecule has 1 aromatic heterocycles. The Morgan fingerprint density at radius 2 is 1.81 bits per heavy atom. The monoisotopic (exact) mass is 289 g/mol. The highest BCUT2D eigenvalue weighted by Gasteiger charge is 2.13. The van der Waals surface area contributed by atoms with E-state index in [2.05, 4.69) is 20.7 Å². The van der Waals surface area contributed by atoms with Gasteiger partial charge >= 0.3 is 0 Å². The third-order valence-electron chi connectivity index (χ3n) is 3.25. The molecule has 112 valence electrons. The van der Waals surface area contributed by atoms with E-state index in [1.54, 1.807) is 13.0 Å². The molecule has 0 bridgehead atoms. The fourth-order valence-corrected chi connectivity index (χ4v) is 1.86. The second-order valence-corrected chi connectivity index (χ2v) is 5.29. The smallest absolute Gasteiger partial charge is 0.148 e. The van der Waals surface area contributed by atoms with E-state index in [1.807, 2.05) is 26.8 Å². The summed E-state index contributed by atoms with van der Waals surface area (Å²) in [7, 11) is 0. The number of rotatable bonds is 4. The third-order valence-corrected chi connectivity index (χ3v) is 3.25. The van der Waals surface area contributed by atoms with Crippen LogP contribution in [0.4, 0.5) is 21.7 Å². The molecular formula is C15H20FN5. The number of aryl methyl sites for hydroxylation is 1. The van der Waals surface area contributed by atoms with Gasteiger partial charge in [-0.1, -0.05) is 19.9 Å². The molecule has 1 heterocycles. The van der Waals surface area contributed by atoms with Gasteiger partial charge in [0.05, 0.1) is 0 Å². The number of benzene rings is 1. The number of hydrazine groups is 1. The van der Waals surface area contributed by atoms with Crippen molar-refractivity contribution in [2.45, 2.75) is 33.6 Å². The summed E-state index contributed by atoms with van der Waals surface area (Å²) >= 11 is 0. The minimum atomic E-state index is -0.257. The van der Waals surface area contributed by atoms with Crippen LogP contribution < -0.4 is 16.6 Å². The summed E-state index contributed by atoms with van der Waals surface area (Å²) in [4.78, 5) is 8.85. The Morgan fingerprint density at radius 3 is 2.38 bits per heavy atom. The topological polar surface area (TPSA) is 75.9 Å². The Hall–Kier alpha value is -2.21. The van der Waals surface area contributed by atoms with Crippen LogP contribution in [0.1, 0.15) is 36.7 Å². The third kappa shape index (κ3) is 3.28. The van der Waals surface area contributed by atoms with Crippen LogP contribution in [0.15, 0.2) is 18.2 Å². The van der Waals surface area contributed by atoms with Gasteiger partial charge in [-0.25, -0.2) is 20.2 Å². The van der Waals surface area contributed by atoms with E-state index in [9.17, 15) is 4.39 Å². The lowest BCUT2D eigenvalue weighted by molar-refractivity contribution is 0.619. The quantitative estimate of drug-likeness (QED) is 0.594. The standard InChI is InChI=1S/C15H20FN5/c1-8(2)13-19-14(10(4)15(20-13)21-17)18-11-6-5-9(3)12(16)7-11/h5-8H,17H2,1-4H3,(H2,18,19,20,21). The van der Waals surface area contributed by atoms with Gasteiger partial charge in [-0.3, -0.25) is 0 Å². The lowest BCUT2D eigenvalue weighted by Crippen LogP contribution is -2.14. The molecule has 2 rings (SSSR count). The first-order chi connectivity index (χ1) is 9.92. The highest BCUT2D eigenvalue weighted by atomic mass is 19.1.